The lowest BCUT2D eigenvalue weighted by Crippen LogP contribution is -2.34. The number of anilines is 1. The third kappa shape index (κ3) is 4.49. The average molecular weight is 409 g/mol. The molecule has 4 nitrogen and oxygen atoms in total. The lowest BCUT2D eigenvalue weighted by atomic mass is 9.85. The molecule has 1 saturated heterocycles. The summed E-state index contributed by atoms with van der Waals surface area (Å²) in [6, 6.07) is 18.3. The Bertz CT molecular complexity index is 1000. The number of ether oxygens (including phenoxy) is 1. The topological polar surface area (TPSA) is 58.6 Å². The Labute approximate surface area is 173 Å². The molecule has 0 aromatic heterocycles. The van der Waals surface area contributed by atoms with E-state index in [2.05, 4.69) is 5.32 Å². The molecule has 154 valence electrons. The van der Waals surface area contributed by atoms with E-state index >= 15 is 0 Å². The third-order valence-electron chi connectivity index (χ3n) is 5.33. The first-order valence-electron chi connectivity index (χ1n) is 9.76. The van der Waals surface area contributed by atoms with Crippen LogP contribution in [-0.4, -0.2) is 11.0 Å². The molecule has 0 bridgehead atoms. The summed E-state index contributed by atoms with van der Waals surface area (Å²) in [6.07, 6.45) is 0.330. The molecule has 3 aromatic carbocycles. The molecule has 1 aliphatic heterocycles. The molecule has 1 heterocycles. The van der Waals surface area contributed by atoms with Gasteiger partial charge in [0.15, 0.2) is 0 Å². The number of phenolic OH excluding ortho intramolecular Hbond substituents is 1. The summed E-state index contributed by atoms with van der Waals surface area (Å²) in [7, 11) is 0. The molecule has 1 fully saturated rings. The van der Waals surface area contributed by atoms with Gasteiger partial charge in [-0.2, -0.15) is 0 Å². The quantitative estimate of drug-likeness (QED) is 0.597. The van der Waals surface area contributed by atoms with Gasteiger partial charge in [-0.1, -0.05) is 24.3 Å². The zero-order valence-electron chi connectivity index (χ0n) is 16.1. The molecule has 0 radical (unpaired) electrons. The highest BCUT2D eigenvalue weighted by atomic mass is 19.1. The Kier molecular flexibility index (Phi) is 5.77. The van der Waals surface area contributed by atoms with E-state index in [9.17, 15) is 18.7 Å². The van der Waals surface area contributed by atoms with Crippen molar-refractivity contribution in [2.45, 2.75) is 25.0 Å². The minimum Gasteiger partial charge on any atom is -0.508 e. The van der Waals surface area contributed by atoms with Crippen molar-refractivity contribution >= 4 is 11.6 Å². The second-order valence-corrected chi connectivity index (χ2v) is 7.37. The average Bonchev–Trinajstić information content (AvgIpc) is 2.76. The molecule has 30 heavy (non-hydrogen) atoms. The Hall–Kier alpha value is -3.25. The van der Waals surface area contributed by atoms with Crippen molar-refractivity contribution in [1.29, 1.82) is 0 Å². The summed E-state index contributed by atoms with van der Waals surface area (Å²) in [5.74, 6) is -1.27. The summed E-state index contributed by atoms with van der Waals surface area (Å²) in [5, 5.41) is 12.4. The van der Waals surface area contributed by atoms with Gasteiger partial charge in [0.05, 0.1) is 18.1 Å². The maximum Gasteiger partial charge on any atom is 0.230 e. The van der Waals surface area contributed by atoms with Crippen LogP contribution in [0.15, 0.2) is 72.8 Å². The zero-order valence-corrected chi connectivity index (χ0v) is 16.1. The maximum atomic E-state index is 13.3. The smallest absolute Gasteiger partial charge is 0.230 e. The van der Waals surface area contributed by atoms with Crippen molar-refractivity contribution in [2.75, 3.05) is 5.32 Å². The van der Waals surface area contributed by atoms with Crippen molar-refractivity contribution in [3.05, 3.63) is 95.6 Å². The number of halogens is 2. The largest absolute Gasteiger partial charge is 0.508 e. The fourth-order valence-corrected chi connectivity index (χ4v) is 3.76. The van der Waals surface area contributed by atoms with Crippen LogP contribution in [0.4, 0.5) is 14.5 Å². The zero-order chi connectivity index (χ0) is 21.1. The van der Waals surface area contributed by atoms with Crippen molar-refractivity contribution in [2.24, 2.45) is 5.92 Å². The van der Waals surface area contributed by atoms with E-state index in [1.807, 2.05) is 0 Å². The van der Waals surface area contributed by atoms with E-state index in [1.165, 1.54) is 36.4 Å². The number of carbonyl (C=O) groups excluding carboxylic acids is 1. The summed E-state index contributed by atoms with van der Waals surface area (Å²) in [6.45, 7) is 0. The lowest BCUT2D eigenvalue weighted by Gasteiger charge is -2.36. The number of aromatic hydroxyl groups is 1. The van der Waals surface area contributed by atoms with Crippen LogP contribution in [-0.2, 0) is 9.53 Å². The summed E-state index contributed by atoms with van der Waals surface area (Å²) >= 11 is 0. The number of phenols is 1. The Morgan fingerprint density at radius 2 is 1.40 bits per heavy atom. The SMILES string of the molecule is O=C(Nc1ccc(F)cc1)[C@@H]1CC[C@@H](c2ccc(F)cc2)O[C@H]1c1ccc(O)cc1. The molecule has 3 atom stereocenters. The molecule has 6 heteroatoms. The van der Waals surface area contributed by atoms with Crippen LogP contribution in [0.2, 0.25) is 0 Å². The minimum absolute atomic E-state index is 0.122. The summed E-state index contributed by atoms with van der Waals surface area (Å²) < 4.78 is 32.7. The first-order chi connectivity index (χ1) is 14.5. The van der Waals surface area contributed by atoms with Gasteiger partial charge in [0.2, 0.25) is 5.91 Å². The van der Waals surface area contributed by atoms with E-state index in [0.29, 0.717) is 18.5 Å². The normalized spacial score (nSPS) is 21.2. The fraction of sp³-hybridized carbons (Fsp3) is 0.208. The Morgan fingerprint density at radius 1 is 0.833 bits per heavy atom. The number of carbonyl (C=O) groups is 1. The molecule has 0 saturated carbocycles. The second-order valence-electron chi connectivity index (χ2n) is 7.37. The van der Waals surface area contributed by atoms with Gasteiger partial charge in [0, 0.05) is 5.69 Å². The number of hydrogen-bond acceptors (Lipinski definition) is 3. The predicted octanol–water partition coefficient (Wildman–Crippen LogP) is 5.52. The van der Waals surface area contributed by atoms with Crippen molar-refractivity contribution in [3.63, 3.8) is 0 Å². The van der Waals surface area contributed by atoms with Crippen LogP contribution < -0.4 is 5.32 Å². The Balaban J connectivity index is 1.58. The molecule has 0 aliphatic carbocycles. The van der Waals surface area contributed by atoms with Crippen LogP contribution in [0.25, 0.3) is 0 Å². The first-order valence-corrected chi connectivity index (χ1v) is 9.76. The fourth-order valence-electron chi connectivity index (χ4n) is 3.76. The van der Waals surface area contributed by atoms with Crippen LogP contribution in [0.3, 0.4) is 0 Å². The van der Waals surface area contributed by atoms with Gasteiger partial charge in [-0.15, -0.1) is 0 Å². The number of amides is 1. The molecule has 1 aliphatic rings. The summed E-state index contributed by atoms with van der Waals surface area (Å²) in [5.41, 5.74) is 2.11. The van der Waals surface area contributed by atoms with Crippen LogP contribution >= 0.6 is 0 Å². The van der Waals surface area contributed by atoms with E-state index in [-0.39, 0.29) is 29.4 Å². The Morgan fingerprint density at radius 3 is 2.03 bits per heavy atom. The monoisotopic (exact) mass is 409 g/mol. The molecule has 0 spiro atoms. The standard InChI is InChI=1S/C24H21F2NO3/c25-17-5-1-15(2-6-17)22-14-13-21(23(30-22)16-3-11-20(28)12-4-16)24(29)27-19-9-7-18(26)8-10-19/h1-12,21-23,28H,13-14H2,(H,27,29)/t21-,22+,23+/m1/s1. The molecule has 1 amide bonds. The number of nitrogens with one attached hydrogen (secondary N) is 1. The van der Waals surface area contributed by atoms with Crippen LogP contribution in [0, 0.1) is 17.6 Å². The summed E-state index contributed by atoms with van der Waals surface area (Å²) in [4.78, 5) is 13.0. The number of hydrogen-bond donors (Lipinski definition) is 2. The maximum absolute atomic E-state index is 13.3. The van der Waals surface area contributed by atoms with Gasteiger partial charge in [-0.3, -0.25) is 4.79 Å². The highest BCUT2D eigenvalue weighted by Gasteiger charge is 2.37. The van der Waals surface area contributed by atoms with E-state index in [4.69, 9.17) is 4.74 Å². The molecule has 3 aromatic rings. The van der Waals surface area contributed by atoms with Gasteiger partial charge < -0.3 is 15.2 Å². The van der Waals surface area contributed by atoms with E-state index < -0.39 is 12.0 Å². The molecule has 2 N–H and O–H groups in total. The van der Waals surface area contributed by atoms with Crippen LogP contribution in [0.1, 0.15) is 36.2 Å². The van der Waals surface area contributed by atoms with Gasteiger partial charge >= 0.3 is 0 Å². The van der Waals surface area contributed by atoms with E-state index in [1.54, 1.807) is 36.4 Å². The second kappa shape index (κ2) is 8.63. The molecule has 4 rings (SSSR count). The first kappa shape index (κ1) is 20.0. The van der Waals surface area contributed by atoms with Gasteiger partial charge in [0.25, 0.3) is 0 Å². The number of benzene rings is 3. The van der Waals surface area contributed by atoms with Gasteiger partial charge in [-0.05, 0) is 72.5 Å². The van der Waals surface area contributed by atoms with Crippen molar-refractivity contribution < 1.29 is 23.4 Å². The van der Waals surface area contributed by atoms with Gasteiger partial charge in [-0.25, -0.2) is 8.78 Å². The minimum atomic E-state index is -0.546. The number of rotatable bonds is 4. The molecule has 0 unspecified atom stereocenters. The van der Waals surface area contributed by atoms with Gasteiger partial charge in [0.1, 0.15) is 17.4 Å². The molecular weight excluding hydrogens is 388 g/mol. The van der Waals surface area contributed by atoms with Crippen LogP contribution in [0.5, 0.6) is 5.75 Å². The van der Waals surface area contributed by atoms with Crippen molar-refractivity contribution in [1.82, 2.24) is 0 Å². The van der Waals surface area contributed by atoms with E-state index in [0.717, 1.165) is 11.1 Å². The highest BCUT2D eigenvalue weighted by Crippen LogP contribution is 2.43. The third-order valence-corrected chi connectivity index (χ3v) is 5.33. The van der Waals surface area contributed by atoms with Crippen molar-refractivity contribution in [3.8, 4) is 5.75 Å². The lowest BCUT2D eigenvalue weighted by molar-refractivity contribution is -0.137. The highest BCUT2D eigenvalue weighted by molar-refractivity contribution is 5.93. The molecular formula is C24H21F2NO3. The predicted molar refractivity (Wildman–Crippen MR) is 109 cm³/mol.